The number of rotatable bonds is 3. The summed E-state index contributed by atoms with van der Waals surface area (Å²) in [4.78, 5) is 29.2. The third-order valence-corrected chi connectivity index (χ3v) is 4.79. The molecule has 23 heavy (non-hydrogen) atoms. The van der Waals surface area contributed by atoms with E-state index in [0.717, 1.165) is 31.9 Å². The molecule has 1 aliphatic heterocycles. The first-order chi connectivity index (χ1) is 11.2. The number of nitrogen functional groups attached to an aromatic ring is 1. The molecule has 0 unspecified atom stereocenters. The molecule has 2 aromatic rings. The first-order valence-electron chi connectivity index (χ1n) is 7.28. The summed E-state index contributed by atoms with van der Waals surface area (Å²) in [6.07, 6.45) is 2.81. The maximum atomic E-state index is 12.4. The van der Waals surface area contributed by atoms with Gasteiger partial charge in [-0.3, -0.25) is 4.79 Å². The lowest BCUT2D eigenvalue weighted by Crippen LogP contribution is -2.35. The zero-order chi connectivity index (χ0) is 16.2. The molecule has 3 rings (SSSR count). The molecule has 0 aromatic carbocycles. The third-order valence-electron chi connectivity index (χ3n) is 3.65. The van der Waals surface area contributed by atoms with E-state index in [1.807, 2.05) is 11.2 Å². The Kier molecular flexibility index (Phi) is 4.97. The molecule has 0 spiro atoms. The van der Waals surface area contributed by atoms with Crippen molar-refractivity contribution < 1.29 is 4.79 Å². The van der Waals surface area contributed by atoms with Gasteiger partial charge in [0.15, 0.2) is 5.16 Å². The largest absolute Gasteiger partial charge is 0.383 e. The van der Waals surface area contributed by atoms with Crippen molar-refractivity contribution in [1.29, 1.82) is 0 Å². The van der Waals surface area contributed by atoms with Gasteiger partial charge in [0.2, 0.25) is 0 Å². The number of nitrogens with two attached hydrogens (primary N) is 1. The maximum Gasteiger partial charge on any atom is 0.273 e. The van der Waals surface area contributed by atoms with Crippen molar-refractivity contribution in [3.05, 3.63) is 22.7 Å². The molecule has 1 saturated heterocycles. The van der Waals surface area contributed by atoms with Crippen molar-refractivity contribution in [3.8, 4) is 0 Å². The van der Waals surface area contributed by atoms with E-state index in [1.54, 1.807) is 17.0 Å². The van der Waals surface area contributed by atoms with Gasteiger partial charge < -0.3 is 15.5 Å². The van der Waals surface area contributed by atoms with E-state index in [9.17, 15) is 4.79 Å². The van der Waals surface area contributed by atoms with Crippen molar-refractivity contribution in [3.63, 3.8) is 0 Å². The van der Waals surface area contributed by atoms with Gasteiger partial charge in [0.05, 0.1) is 5.51 Å². The average molecular weight is 350 g/mol. The molecule has 0 radical (unpaired) electrons. The van der Waals surface area contributed by atoms with E-state index < -0.39 is 0 Å². The molecular weight excluding hydrogens is 332 g/mol. The van der Waals surface area contributed by atoms with E-state index in [0.29, 0.717) is 23.2 Å². The Balaban J connectivity index is 1.71. The second-order valence-electron chi connectivity index (χ2n) is 5.14. The van der Waals surface area contributed by atoms with Crippen LogP contribution >= 0.6 is 23.1 Å². The van der Waals surface area contributed by atoms with Crippen LogP contribution in [0.1, 0.15) is 16.9 Å². The van der Waals surface area contributed by atoms with Gasteiger partial charge >= 0.3 is 0 Å². The summed E-state index contributed by atoms with van der Waals surface area (Å²) in [6, 6.07) is 1.79. The third kappa shape index (κ3) is 3.73. The van der Waals surface area contributed by atoms with Gasteiger partial charge in [-0.1, -0.05) is 11.8 Å². The molecular formula is C14H18N6OS2. The highest BCUT2D eigenvalue weighted by Gasteiger charge is 2.22. The number of aromatic nitrogens is 3. The van der Waals surface area contributed by atoms with Crippen molar-refractivity contribution >= 4 is 40.6 Å². The topological polar surface area (TPSA) is 88.2 Å². The SMILES string of the molecule is CSc1nc(N)cc(N2CCCN(C(=O)c3cscn3)CC2)n1. The predicted molar refractivity (Wildman–Crippen MR) is 93.1 cm³/mol. The molecule has 9 heteroatoms. The molecule has 1 aliphatic rings. The fraction of sp³-hybridized carbons (Fsp3) is 0.429. The minimum Gasteiger partial charge on any atom is -0.383 e. The number of hydrogen-bond donors (Lipinski definition) is 1. The fourth-order valence-corrected chi connectivity index (χ4v) is 3.42. The fourth-order valence-electron chi connectivity index (χ4n) is 2.51. The number of nitrogens with zero attached hydrogens (tertiary/aromatic N) is 5. The van der Waals surface area contributed by atoms with Crippen LogP contribution in [0.15, 0.2) is 22.1 Å². The van der Waals surface area contributed by atoms with Gasteiger partial charge in [-0.25, -0.2) is 15.0 Å². The Morgan fingerprint density at radius 1 is 1.30 bits per heavy atom. The summed E-state index contributed by atoms with van der Waals surface area (Å²) in [5.74, 6) is 1.30. The molecule has 3 heterocycles. The van der Waals surface area contributed by atoms with Crippen LogP contribution in [0.5, 0.6) is 0 Å². The smallest absolute Gasteiger partial charge is 0.273 e. The molecule has 1 fully saturated rings. The normalized spacial score (nSPS) is 15.5. The molecule has 122 valence electrons. The molecule has 0 bridgehead atoms. The highest BCUT2D eigenvalue weighted by molar-refractivity contribution is 7.98. The number of hydrogen-bond acceptors (Lipinski definition) is 8. The van der Waals surface area contributed by atoms with Crippen LogP contribution in [-0.2, 0) is 0 Å². The van der Waals surface area contributed by atoms with E-state index in [2.05, 4.69) is 19.9 Å². The van der Waals surface area contributed by atoms with E-state index in [-0.39, 0.29) is 5.91 Å². The molecule has 0 aliphatic carbocycles. The summed E-state index contributed by atoms with van der Waals surface area (Å²) in [5, 5.41) is 2.46. The minimum absolute atomic E-state index is 0.0000965. The van der Waals surface area contributed by atoms with E-state index in [1.165, 1.54) is 23.1 Å². The van der Waals surface area contributed by atoms with Gasteiger partial charge in [0.1, 0.15) is 17.3 Å². The van der Waals surface area contributed by atoms with Crippen LogP contribution in [-0.4, -0.2) is 58.2 Å². The highest BCUT2D eigenvalue weighted by Crippen LogP contribution is 2.20. The zero-order valence-corrected chi connectivity index (χ0v) is 14.4. The summed E-state index contributed by atoms with van der Waals surface area (Å²) >= 11 is 2.91. The van der Waals surface area contributed by atoms with Crippen LogP contribution in [0, 0.1) is 0 Å². The number of carbonyl (C=O) groups is 1. The number of amides is 1. The van der Waals surface area contributed by atoms with E-state index in [4.69, 9.17) is 5.73 Å². The Morgan fingerprint density at radius 2 is 2.17 bits per heavy atom. The molecule has 2 aromatic heterocycles. The standard InChI is InChI=1S/C14H18N6OS2/c1-22-14-17-11(15)7-12(18-14)19-3-2-4-20(6-5-19)13(21)10-8-23-9-16-10/h7-9H,2-6H2,1H3,(H2,15,17,18). The van der Waals surface area contributed by atoms with Crippen molar-refractivity contribution in [2.24, 2.45) is 0 Å². The Bertz CT molecular complexity index is 678. The number of thiazole rings is 1. The lowest BCUT2D eigenvalue weighted by atomic mass is 10.3. The quantitative estimate of drug-likeness (QED) is 0.664. The van der Waals surface area contributed by atoms with Gasteiger partial charge in [-0.05, 0) is 12.7 Å². The van der Waals surface area contributed by atoms with Gasteiger partial charge in [-0.2, -0.15) is 0 Å². The van der Waals surface area contributed by atoms with Crippen LogP contribution in [0.25, 0.3) is 0 Å². The maximum absolute atomic E-state index is 12.4. The molecule has 7 nitrogen and oxygen atoms in total. The van der Waals surface area contributed by atoms with Crippen molar-refractivity contribution in [2.75, 3.05) is 43.1 Å². The summed E-state index contributed by atoms with van der Waals surface area (Å²) < 4.78 is 0. The van der Waals surface area contributed by atoms with Crippen molar-refractivity contribution in [2.45, 2.75) is 11.6 Å². The van der Waals surface area contributed by atoms with Crippen LogP contribution in [0.2, 0.25) is 0 Å². The van der Waals surface area contributed by atoms with Gasteiger partial charge in [0.25, 0.3) is 5.91 Å². The van der Waals surface area contributed by atoms with Gasteiger partial charge in [0, 0.05) is 37.6 Å². The lowest BCUT2D eigenvalue weighted by Gasteiger charge is -2.22. The minimum atomic E-state index is 0.0000965. The Labute approximate surface area is 142 Å². The Morgan fingerprint density at radius 3 is 2.91 bits per heavy atom. The summed E-state index contributed by atoms with van der Waals surface area (Å²) in [7, 11) is 0. The molecule has 1 amide bonds. The summed E-state index contributed by atoms with van der Waals surface area (Å²) in [5.41, 5.74) is 8.07. The highest BCUT2D eigenvalue weighted by atomic mass is 32.2. The monoisotopic (exact) mass is 350 g/mol. The van der Waals surface area contributed by atoms with E-state index >= 15 is 0 Å². The first kappa shape index (κ1) is 16.0. The van der Waals surface area contributed by atoms with Crippen LogP contribution < -0.4 is 10.6 Å². The van der Waals surface area contributed by atoms with Crippen LogP contribution in [0.4, 0.5) is 11.6 Å². The van der Waals surface area contributed by atoms with Crippen molar-refractivity contribution in [1.82, 2.24) is 19.9 Å². The second kappa shape index (κ2) is 7.14. The van der Waals surface area contributed by atoms with Gasteiger partial charge in [-0.15, -0.1) is 11.3 Å². The predicted octanol–water partition coefficient (Wildman–Crippen LogP) is 1.59. The number of anilines is 2. The zero-order valence-electron chi connectivity index (χ0n) is 12.8. The Hall–Kier alpha value is -1.87. The number of carbonyl (C=O) groups excluding carboxylic acids is 1. The molecule has 2 N–H and O–H groups in total. The number of thioether (sulfide) groups is 1. The second-order valence-corrected chi connectivity index (χ2v) is 6.64. The lowest BCUT2D eigenvalue weighted by molar-refractivity contribution is 0.0762. The van der Waals surface area contributed by atoms with Crippen LogP contribution in [0.3, 0.4) is 0 Å². The average Bonchev–Trinajstić information content (AvgIpc) is 2.98. The molecule has 0 saturated carbocycles. The summed E-state index contributed by atoms with van der Waals surface area (Å²) in [6.45, 7) is 2.93. The molecule has 0 atom stereocenters. The first-order valence-corrected chi connectivity index (χ1v) is 9.45.